The first-order chi connectivity index (χ1) is 13.8. The maximum Gasteiger partial charge on any atom is 0.323 e. The molecule has 0 aromatic carbocycles. The van der Waals surface area contributed by atoms with Crippen LogP contribution in [0.15, 0.2) is 18.5 Å². The fourth-order valence-electron chi connectivity index (χ4n) is 2.69. The lowest BCUT2D eigenvalue weighted by molar-refractivity contribution is 0.262. The second-order valence-corrected chi connectivity index (χ2v) is 7.93. The average Bonchev–Trinajstić information content (AvgIpc) is 3.07. The van der Waals surface area contributed by atoms with Crippen molar-refractivity contribution < 1.29 is 14.6 Å². The van der Waals surface area contributed by atoms with E-state index in [0.29, 0.717) is 22.6 Å². The topological polar surface area (TPSA) is 112 Å². The van der Waals surface area contributed by atoms with Crippen LogP contribution in [0.5, 0.6) is 5.88 Å². The van der Waals surface area contributed by atoms with E-state index in [0.717, 1.165) is 9.84 Å². The molecule has 0 fully saturated rings. The summed E-state index contributed by atoms with van der Waals surface area (Å²) in [5.74, 6) is 0.271. The predicted octanol–water partition coefficient (Wildman–Crippen LogP) is 3.52. The Bertz CT molecular complexity index is 1040. The van der Waals surface area contributed by atoms with Crippen LogP contribution < -0.4 is 20.3 Å². The number of nitrogens with zero attached hydrogens (tertiary/aromatic N) is 4. The van der Waals surface area contributed by atoms with Crippen LogP contribution in [0, 0.1) is 6.92 Å². The van der Waals surface area contributed by atoms with Crippen molar-refractivity contribution in [1.29, 1.82) is 0 Å². The zero-order valence-corrected chi connectivity index (χ0v) is 17.9. The van der Waals surface area contributed by atoms with Crippen LogP contribution in [0.3, 0.4) is 0 Å². The molecule has 11 heteroatoms. The first-order valence-corrected chi connectivity index (χ1v) is 9.90. The molecule has 0 aliphatic carbocycles. The van der Waals surface area contributed by atoms with Crippen LogP contribution in [0.4, 0.5) is 21.9 Å². The molecule has 3 aromatic rings. The summed E-state index contributed by atoms with van der Waals surface area (Å²) in [6, 6.07) is 0.863. The molecule has 154 valence electrons. The lowest BCUT2D eigenvalue weighted by Gasteiger charge is -2.27. The summed E-state index contributed by atoms with van der Waals surface area (Å²) in [7, 11) is 3.29. The van der Waals surface area contributed by atoms with Gasteiger partial charge in [-0.3, -0.25) is 0 Å². The number of hydrogen-bond donors (Lipinski definition) is 3. The molecule has 3 rings (SSSR count). The molecule has 0 radical (unpaired) electrons. The normalized spacial score (nSPS) is 11.9. The predicted molar refractivity (Wildman–Crippen MR) is 116 cm³/mol. The fraction of sp³-hybridized carbons (Fsp3) is 0.333. The summed E-state index contributed by atoms with van der Waals surface area (Å²) >= 11 is 7.52. The number of urea groups is 1. The van der Waals surface area contributed by atoms with Crippen molar-refractivity contribution in [3.8, 4) is 5.88 Å². The van der Waals surface area contributed by atoms with E-state index in [4.69, 9.17) is 16.3 Å². The van der Waals surface area contributed by atoms with Gasteiger partial charge >= 0.3 is 6.03 Å². The molecule has 2 amide bonds. The van der Waals surface area contributed by atoms with Crippen LogP contribution in [-0.4, -0.2) is 52.9 Å². The van der Waals surface area contributed by atoms with Gasteiger partial charge in [0.25, 0.3) is 0 Å². The van der Waals surface area contributed by atoms with Gasteiger partial charge in [0.05, 0.1) is 48.2 Å². The Hall–Kier alpha value is -2.69. The van der Waals surface area contributed by atoms with E-state index in [9.17, 15) is 9.90 Å². The number of halogens is 1. The Balaban J connectivity index is 1.90. The third-order valence-corrected chi connectivity index (χ3v) is 5.44. The van der Waals surface area contributed by atoms with Crippen molar-refractivity contribution in [2.75, 3.05) is 36.3 Å². The molecule has 3 heterocycles. The number of thiazole rings is 1. The Morgan fingerprint density at radius 3 is 2.79 bits per heavy atom. The number of ether oxygens (including phenoxy) is 1. The number of aromatic nitrogens is 3. The van der Waals surface area contributed by atoms with Gasteiger partial charge in [-0.1, -0.05) is 22.9 Å². The van der Waals surface area contributed by atoms with E-state index in [1.807, 2.05) is 25.8 Å². The van der Waals surface area contributed by atoms with Gasteiger partial charge in [0.15, 0.2) is 0 Å². The maximum atomic E-state index is 12.6. The van der Waals surface area contributed by atoms with E-state index < -0.39 is 6.03 Å². The Morgan fingerprint density at radius 1 is 1.38 bits per heavy atom. The summed E-state index contributed by atoms with van der Waals surface area (Å²) in [4.78, 5) is 28.2. The van der Waals surface area contributed by atoms with Crippen molar-refractivity contribution in [3.63, 3.8) is 0 Å². The summed E-state index contributed by atoms with van der Waals surface area (Å²) in [6.45, 7) is 3.72. The van der Waals surface area contributed by atoms with Gasteiger partial charge in [-0.25, -0.2) is 19.7 Å². The van der Waals surface area contributed by atoms with Crippen LogP contribution in [0.25, 0.3) is 10.3 Å². The molecule has 0 spiro atoms. The zero-order valence-electron chi connectivity index (χ0n) is 16.4. The molecular weight excluding hydrogens is 416 g/mol. The average molecular weight is 437 g/mol. The SMILES string of the molecule is COc1ncc(NC(=O)Nc2cnc3sc(C)nc3c2N(C)C(C)CO)cc1Cl. The number of hydrogen-bond acceptors (Lipinski definition) is 8. The highest BCUT2D eigenvalue weighted by Gasteiger charge is 2.21. The van der Waals surface area contributed by atoms with Crippen LogP contribution >= 0.6 is 22.9 Å². The Kier molecular flexibility index (Phi) is 6.36. The number of aryl methyl sites for hydroxylation is 1. The first-order valence-electron chi connectivity index (χ1n) is 8.71. The molecule has 3 aromatic heterocycles. The first kappa shape index (κ1) is 21.0. The van der Waals surface area contributed by atoms with Gasteiger partial charge < -0.3 is 25.4 Å². The number of anilines is 3. The number of carbonyl (C=O) groups is 1. The molecule has 1 atom stereocenters. The molecule has 0 aliphatic heterocycles. The highest BCUT2D eigenvalue weighted by Crippen LogP contribution is 2.35. The Morgan fingerprint density at radius 2 is 2.14 bits per heavy atom. The number of aliphatic hydroxyl groups is 1. The van der Waals surface area contributed by atoms with Gasteiger partial charge in [0.2, 0.25) is 5.88 Å². The molecule has 29 heavy (non-hydrogen) atoms. The fourth-order valence-corrected chi connectivity index (χ4v) is 3.69. The second-order valence-electron chi connectivity index (χ2n) is 6.34. The number of fused-ring (bicyclic) bond motifs is 1. The number of aliphatic hydroxyl groups excluding tert-OH is 1. The van der Waals surface area contributed by atoms with Gasteiger partial charge in [-0.05, 0) is 19.9 Å². The van der Waals surface area contributed by atoms with Gasteiger partial charge in [-0.15, -0.1) is 0 Å². The molecule has 0 saturated carbocycles. The van der Waals surface area contributed by atoms with E-state index >= 15 is 0 Å². The maximum absolute atomic E-state index is 12.6. The van der Waals surface area contributed by atoms with E-state index in [2.05, 4.69) is 25.6 Å². The molecular formula is C18H21ClN6O3S. The number of amides is 2. The number of methoxy groups -OCH3 is 1. The second kappa shape index (κ2) is 8.76. The minimum atomic E-state index is -0.493. The molecule has 0 aliphatic rings. The highest BCUT2D eigenvalue weighted by atomic mass is 35.5. The quantitative estimate of drug-likeness (QED) is 0.541. The summed E-state index contributed by atoms with van der Waals surface area (Å²) < 4.78 is 5.01. The van der Waals surface area contributed by atoms with Crippen LogP contribution in [0.2, 0.25) is 5.02 Å². The summed E-state index contributed by atoms with van der Waals surface area (Å²) in [6.07, 6.45) is 3.02. The summed E-state index contributed by atoms with van der Waals surface area (Å²) in [5.41, 5.74) is 2.23. The van der Waals surface area contributed by atoms with E-state index in [1.54, 1.807) is 12.3 Å². The zero-order chi connectivity index (χ0) is 21.1. The third kappa shape index (κ3) is 4.50. The van der Waals surface area contributed by atoms with Crippen LogP contribution in [0.1, 0.15) is 11.9 Å². The standard InChI is InChI=1S/C18H21ClN6O3S/c1-9(8-26)25(3)15-13(7-21-17-14(15)22-10(2)29-17)24-18(27)23-11-5-12(19)16(28-4)20-6-11/h5-7,9,26H,8H2,1-4H3,(H2,23,24,27). The lowest BCUT2D eigenvalue weighted by atomic mass is 10.2. The minimum Gasteiger partial charge on any atom is -0.480 e. The largest absolute Gasteiger partial charge is 0.480 e. The van der Waals surface area contributed by atoms with E-state index in [1.165, 1.54) is 24.6 Å². The van der Waals surface area contributed by atoms with Crippen molar-refractivity contribution in [2.24, 2.45) is 0 Å². The van der Waals surface area contributed by atoms with Crippen molar-refractivity contribution in [1.82, 2.24) is 15.0 Å². The van der Waals surface area contributed by atoms with Gasteiger partial charge in [0.1, 0.15) is 15.4 Å². The highest BCUT2D eigenvalue weighted by molar-refractivity contribution is 7.18. The molecule has 0 bridgehead atoms. The monoisotopic (exact) mass is 436 g/mol. The van der Waals surface area contributed by atoms with Crippen LogP contribution in [-0.2, 0) is 0 Å². The number of likely N-dealkylation sites (N-methyl/N-ethyl adjacent to an activating group) is 1. The number of pyridine rings is 2. The van der Waals surface area contributed by atoms with Gasteiger partial charge in [0, 0.05) is 13.1 Å². The number of rotatable bonds is 6. The Labute approximate surface area is 176 Å². The van der Waals surface area contributed by atoms with Crippen molar-refractivity contribution in [3.05, 3.63) is 28.5 Å². The minimum absolute atomic E-state index is 0.0505. The molecule has 9 nitrogen and oxygen atoms in total. The molecule has 3 N–H and O–H groups in total. The van der Waals surface area contributed by atoms with Crippen molar-refractivity contribution >= 4 is 56.4 Å². The number of carbonyl (C=O) groups excluding carboxylic acids is 1. The summed E-state index contributed by atoms with van der Waals surface area (Å²) in [5, 5.41) is 16.2. The smallest absolute Gasteiger partial charge is 0.323 e. The van der Waals surface area contributed by atoms with E-state index in [-0.39, 0.29) is 23.6 Å². The third-order valence-electron chi connectivity index (χ3n) is 4.29. The lowest BCUT2D eigenvalue weighted by Crippen LogP contribution is -2.33. The molecule has 1 unspecified atom stereocenters. The van der Waals surface area contributed by atoms with Crippen molar-refractivity contribution in [2.45, 2.75) is 19.9 Å². The number of nitrogens with one attached hydrogen (secondary N) is 2. The van der Waals surface area contributed by atoms with Gasteiger partial charge in [-0.2, -0.15) is 0 Å². The molecule has 0 saturated heterocycles.